The van der Waals surface area contributed by atoms with Gasteiger partial charge in [0, 0.05) is 18.1 Å². The van der Waals surface area contributed by atoms with Crippen LogP contribution in [0.4, 0.5) is 13.2 Å². The summed E-state index contributed by atoms with van der Waals surface area (Å²) in [5.74, 6) is 0.189. The van der Waals surface area contributed by atoms with Gasteiger partial charge in [-0.05, 0) is 60.9 Å². The van der Waals surface area contributed by atoms with Crippen molar-refractivity contribution in [2.75, 3.05) is 13.1 Å². The molecule has 2 nitrogen and oxygen atoms in total. The van der Waals surface area contributed by atoms with Crippen LogP contribution in [0.1, 0.15) is 48.3 Å². The molecule has 1 saturated carbocycles. The third-order valence-electron chi connectivity index (χ3n) is 6.02. The number of halogens is 4. The second-order valence-electron chi connectivity index (χ2n) is 7.78. The summed E-state index contributed by atoms with van der Waals surface area (Å²) in [6.07, 6.45) is -1.29. The van der Waals surface area contributed by atoms with E-state index in [-0.39, 0.29) is 11.8 Å². The standard InChI is InChI=1S/C22H21ClF3NO/c23-19-6-4-17(5-7-19)21(10-11-21)20(28)27-12-8-15(9-13-27)16-2-1-3-18(14-16)22(24,25)26/h1-7,14-15H,8-13H2. The summed E-state index contributed by atoms with van der Waals surface area (Å²) in [5, 5.41) is 0.647. The number of carbonyl (C=O) groups is 1. The zero-order valence-electron chi connectivity index (χ0n) is 15.3. The van der Waals surface area contributed by atoms with Gasteiger partial charge in [-0.25, -0.2) is 0 Å². The Morgan fingerprint density at radius 2 is 1.68 bits per heavy atom. The first kappa shape index (κ1) is 19.3. The highest BCUT2D eigenvalue weighted by atomic mass is 35.5. The number of nitrogens with zero attached hydrogens (tertiary/aromatic N) is 1. The highest BCUT2D eigenvalue weighted by Crippen LogP contribution is 2.50. The summed E-state index contributed by atoms with van der Waals surface area (Å²) < 4.78 is 38.9. The average molecular weight is 408 g/mol. The summed E-state index contributed by atoms with van der Waals surface area (Å²) in [4.78, 5) is 15.0. The van der Waals surface area contributed by atoms with Gasteiger partial charge in [0.25, 0.3) is 0 Å². The molecule has 2 aromatic carbocycles. The number of hydrogen-bond donors (Lipinski definition) is 0. The van der Waals surface area contributed by atoms with Crippen molar-refractivity contribution in [3.63, 3.8) is 0 Å². The minimum absolute atomic E-state index is 0.0528. The summed E-state index contributed by atoms with van der Waals surface area (Å²) in [6, 6.07) is 13.0. The molecule has 0 spiro atoms. The molecule has 148 valence electrons. The largest absolute Gasteiger partial charge is 0.416 e. The summed E-state index contributed by atoms with van der Waals surface area (Å²) in [7, 11) is 0. The van der Waals surface area contributed by atoms with Gasteiger partial charge in [0.15, 0.2) is 0 Å². The first-order chi connectivity index (χ1) is 13.3. The molecule has 0 radical (unpaired) electrons. The minimum atomic E-state index is -4.33. The maximum absolute atomic E-state index is 13.1. The Bertz CT molecular complexity index is 866. The van der Waals surface area contributed by atoms with Crippen molar-refractivity contribution in [2.45, 2.75) is 43.2 Å². The molecule has 0 N–H and O–H groups in total. The minimum Gasteiger partial charge on any atom is -0.342 e. The number of likely N-dealkylation sites (tertiary alicyclic amines) is 1. The first-order valence-corrected chi connectivity index (χ1v) is 9.90. The molecular formula is C22H21ClF3NO. The molecule has 0 aromatic heterocycles. The summed E-state index contributed by atoms with van der Waals surface area (Å²) >= 11 is 5.96. The topological polar surface area (TPSA) is 20.3 Å². The molecule has 2 fully saturated rings. The van der Waals surface area contributed by atoms with Gasteiger partial charge in [0.1, 0.15) is 0 Å². The van der Waals surface area contributed by atoms with Crippen LogP contribution in [-0.4, -0.2) is 23.9 Å². The molecule has 0 bridgehead atoms. The van der Waals surface area contributed by atoms with E-state index in [1.807, 2.05) is 29.2 Å². The van der Waals surface area contributed by atoms with Crippen LogP contribution in [0, 0.1) is 0 Å². The van der Waals surface area contributed by atoms with Crippen molar-refractivity contribution < 1.29 is 18.0 Å². The lowest BCUT2D eigenvalue weighted by Gasteiger charge is -2.35. The quantitative estimate of drug-likeness (QED) is 0.630. The van der Waals surface area contributed by atoms with Crippen molar-refractivity contribution >= 4 is 17.5 Å². The third kappa shape index (κ3) is 3.64. The monoisotopic (exact) mass is 407 g/mol. The predicted octanol–water partition coefficient (Wildman–Crippen LogP) is 5.80. The molecule has 2 aliphatic rings. The van der Waals surface area contributed by atoms with Crippen LogP contribution >= 0.6 is 11.6 Å². The number of rotatable bonds is 3. The van der Waals surface area contributed by atoms with Gasteiger partial charge >= 0.3 is 6.18 Å². The van der Waals surface area contributed by atoms with E-state index in [0.717, 1.165) is 24.5 Å². The van der Waals surface area contributed by atoms with Crippen LogP contribution < -0.4 is 0 Å². The Hall–Kier alpha value is -2.01. The highest BCUT2D eigenvalue weighted by Gasteiger charge is 2.53. The number of carbonyl (C=O) groups excluding carboxylic acids is 1. The van der Waals surface area contributed by atoms with Crippen molar-refractivity contribution in [1.82, 2.24) is 4.90 Å². The molecule has 2 aromatic rings. The molecule has 0 atom stereocenters. The van der Waals surface area contributed by atoms with Gasteiger partial charge in [-0.1, -0.05) is 41.9 Å². The van der Waals surface area contributed by atoms with Crippen molar-refractivity contribution in [3.05, 3.63) is 70.2 Å². The van der Waals surface area contributed by atoms with Gasteiger partial charge in [0.2, 0.25) is 5.91 Å². The fourth-order valence-corrected chi connectivity index (χ4v) is 4.33. The van der Waals surface area contributed by atoms with E-state index in [4.69, 9.17) is 11.6 Å². The smallest absolute Gasteiger partial charge is 0.342 e. The Kier molecular flexibility index (Phi) is 4.90. The Morgan fingerprint density at radius 3 is 2.25 bits per heavy atom. The van der Waals surface area contributed by atoms with Crippen molar-refractivity contribution in [1.29, 1.82) is 0 Å². The molecule has 1 heterocycles. The average Bonchev–Trinajstić information content (AvgIpc) is 3.49. The Labute approximate surface area is 167 Å². The molecule has 1 amide bonds. The second-order valence-corrected chi connectivity index (χ2v) is 8.22. The normalized spacial score (nSPS) is 19.5. The van der Waals surface area contributed by atoms with E-state index in [9.17, 15) is 18.0 Å². The second kappa shape index (κ2) is 7.11. The number of hydrogen-bond acceptors (Lipinski definition) is 1. The lowest BCUT2D eigenvalue weighted by Crippen LogP contribution is -2.43. The predicted molar refractivity (Wildman–Crippen MR) is 102 cm³/mol. The van der Waals surface area contributed by atoms with Gasteiger partial charge in [0.05, 0.1) is 11.0 Å². The fraction of sp³-hybridized carbons (Fsp3) is 0.409. The SMILES string of the molecule is O=C(N1CCC(c2cccc(C(F)(F)F)c2)CC1)C1(c2ccc(Cl)cc2)CC1. The van der Waals surface area contributed by atoms with Crippen molar-refractivity contribution in [3.8, 4) is 0 Å². The van der Waals surface area contributed by atoms with Crippen LogP contribution in [-0.2, 0) is 16.4 Å². The van der Waals surface area contributed by atoms with Gasteiger partial charge in [-0.3, -0.25) is 4.79 Å². The molecular weight excluding hydrogens is 387 g/mol. The van der Waals surface area contributed by atoms with Crippen LogP contribution in [0.3, 0.4) is 0 Å². The van der Waals surface area contributed by atoms with E-state index < -0.39 is 17.2 Å². The van der Waals surface area contributed by atoms with Gasteiger partial charge < -0.3 is 4.90 Å². The highest BCUT2D eigenvalue weighted by molar-refractivity contribution is 6.30. The lowest BCUT2D eigenvalue weighted by molar-refractivity contribution is -0.137. The number of benzene rings is 2. The number of piperidine rings is 1. The van der Waals surface area contributed by atoms with E-state index >= 15 is 0 Å². The maximum atomic E-state index is 13.1. The Balaban J connectivity index is 1.43. The van der Waals surface area contributed by atoms with E-state index in [1.165, 1.54) is 12.1 Å². The van der Waals surface area contributed by atoms with Crippen molar-refractivity contribution in [2.24, 2.45) is 0 Å². The number of amides is 1. The fourth-order valence-electron chi connectivity index (χ4n) is 4.21. The van der Waals surface area contributed by atoms with E-state index in [1.54, 1.807) is 6.07 Å². The zero-order chi connectivity index (χ0) is 19.9. The zero-order valence-corrected chi connectivity index (χ0v) is 16.1. The maximum Gasteiger partial charge on any atom is 0.416 e. The molecule has 0 unspecified atom stereocenters. The molecule has 1 saturated heterocycles. The molecule has 1 aliphatic carbocycles. The molecule has 6 heteroatoms. The first-order valence-electron chi connectivity index (χ1n) is 9.52. The van der Waals surface area contributed by atoms with Gasteiger partial charge in [-0.2, -0.15) is 13.2 Å². The molecule has 4 rings (SSSR count). The molecule has 28 heavy (non-hydrogen) atoms. The van der Waals surface area contributed by atoms with Crippen LogP contribution in [0.5, 0.6) is 0 Å². The lowest BCUT2D eigenvalue weighted by atomic mass is 9.87. The van der Waals surface area contributed by atoms with Gasteiger partial charge in [-0.15, -0.1) is 0 Å². The third-order valence-corrected chi connectivity index (χ3v) is 6.28. The van der Waals surface area contributed by atoms with Crippen LogP contribution in [0.2, 0.25) is 5.02 Å². The van der Waals surface area contributed by atoms with E-state index in [0.29, 0.717) is 36.5 Å². The number of alkyl halides is 3. The molecule has 1 aliphatic heterocycles. The van der Waals surface area contributed by atoms with Crippen LogP contribution in [0.25, 0.3) is 0 Å². The van der Waals surface area contributed by atoms with Crippen LogP contribution in [0.15, 0.2) is 48.5 Å². The summed E-state index contributed by atoms with van der Waals surface area (Å²) in [5.41, 5.74) is 0.666. The Morgan fingerprint density at radius 1 is 1.04 bits per heavy atom. The summed E-state index contributed by atoms with van der Waals surface area (Å²) in [6.45, 7) is 1.16. The van der Waals surface area contributed by atoms with E-state index in [2.05, 4.69) is 0 Å².